The Kier molecular flexibility index (Phi) is 4.18. The van der Waals surface area contributed by atoms with Crippen LogP contribution in [0.2, 0.25) is 0 Å². The summed E-state index contributed by atoms with van der Waals surface area (Å²) in [6.07, 6.45) is 3.25. The SMILES string of the molecule is Cc1ccc(CN2CC=C(c3nc4cc(C)c(C)cc4o3)CC2)cc1. The quantitative estimate of drug-likeness (QED) is 0.673. The standard InChI is InChI=1S/C22H24N2O/c1-15-4-6-18(7-5-15)14-24-10-8-19(9-11-24)22-23-20-12-16(2)17(3)13-21(20)25-22/h4-8,12-13H,9-11,14H2,1-3H3. The first-order chi connectivity index (χ1) is 12.1. The van der Waals surface area contributed by atoms with Gasteiger partial charge in [-0.05, 0) is 56.0 Å². The van der Waals surface area contributed by atoms with Crippen molar-refractivity contribution in [3.05, 3.63) is 70.6 Å². The minimum absolute atomic E-state index is 0.787. The van der Waals surface area contributed by atoms with Gasteiger partial charge in [-0.15, -0.1) is 0 Å². The lowest BCUT2D eigenvalue weighted by molar-refractivity contribution is 0.292. The summed E-state index contributed by atoms with van der Waals surface area (Å²) in [6.45, 7) is 9.33. The lowest BCUT2D eigenvalue weighted by Gasteiger charge is -2.25. The lowest BCUT2D eigenvalue weighted by Crippen LogP contribution is -2.28. The van der Waals surface area contributed by atoms with Gasteiger partial charge in [0.05, 0.1) is 0 Å². The molecule has 0 aliphatic carbocycles. The van der Waals surface area contributed by atoms with Gasteiger partial charge in [0.15, 0.2) is 5.58 Å². The summed E-state index contributed by atoms with van der Waals surface area (Å²) in [4.78, 5) is 7.17. The molecule has 3 nitrogen and oxygen atoms in total. The van der Waals surface area contributed by atoms with Gasteiger partial charge >= 0.3 is 0 Å². The molecular formula is C22H24N2O. The maximum Gasteiger partial charge on any atom is 0.222 e. The van der Waals surface area contributed by atoms with E-state index in [1.165, 1.54) is 27.8 Å². The van der Waals surface area contributed by atoms with Crippen LogP contribution >= 0.6 is 0 Å². The zero-order valence-electron chi connectivity index (χ0n) is 15.2. The summed E-state index contributed by atoms with van der Waals surface area (Å²) in [5.74, 6) is 0.787. The van der Waals surface area contributed by atoms with Gasteiger partial charge in [0.25, 0.3) is 0 Å². The molecule has 0 amide bonds. The van der Waals surface area contributed by atoms with Gasteiger partial charge in [-0.1, -0.05) is 35.9 Å². The Morgan fingerprint density at radius 3 is 2.52 bits per heavy atom. The van der Waals surface area contributed by atoms with Crippen molar-refractivity contribution in [3.8, 4) is 0 Å². The van der Waals surface area contributed by atoms with Crippen LogP contribution in [-0.2, 0) is 6.54 Å². The fourth-order valence-electron chi connectivity index (χ4n) is 3.32. The third kappa shape index (κ3) is 3.38. The smallest absolute Gasteiger partial charge is 0.222 e. The second-order valence-electron chi connectivity index (χ2n) is 7.12. The maximum absolute atomic E-state index is 6.01. The van der Waals surface area contributed by atoms with Gasteiger partial charge in [0.1, 0.15) is 5.52 Å². The van der Waals surface area contributed by atoms with E-state index in [2.05, 4.69) is 68.1 Å². The van der Waals surface area contributed by atoms with Gasteiger partial charge in [-0.25, -0.2) is 4.98 Å². The third-order valence-electron chi connectivity index (χ3n) is 5.10. The van der Waals surface area contributed by atoms with Gasteiger partial charge in [0, 0.05) is 25.2 Å². The van der Waals surface area contributed by atoms with Crippen molar-refractivity contribution in [2.24, 2.45) is 0 Å². The minimum Gasteiger partial charge on any atom is -0.436 e. The average molecular weight is 332 g/mol. The molecule has 4 rings (SSSR count). The number of rotatable bonds is 3. The van der Waals surface area contributed by atoms with E-state index in [0.29, 0.717) is 0 Å². The first kappa shape index (κ1) is 16.1. The van der Waals surface area contributed by atoms with Gasteiger partial charge < -0.3 is 4.42 Å². The topological polar surface area (TPSA) is 29.3 Å². The molecule has 0 radical (unpaired) electrons. The summed E-state index contributed by atoms with van der Waals surface area (Å²) < 4.78 is 6.01. The van der Waals surface area contributed by atoms with E-state index < -0.39 is 0 Å². The summed E-state index contributed by atoms with van der Waals surface area (Å²) in [5.41, 5.74) is 8.27. The Morgan fingerprint density at radius 1 is 1.04 bits per heavy atom. The highest BCUT2D eigenvalue weighted by atomic mass is 16.3. The number of nitrogens with zero attached hydrogens (tertiary/aromatic N) is 2. The van der Waals surface area contributed by atoms with Crippen molar-refractivity contribution in [2.75, 3.05) is 13.1 Å². The summed E-state index contributed by atoms with van der Waals surface area (Å²) >= 11 is 0. The Balaban J connectivity index is 1.49. The Hall–Kier alpha value is -2.39. The lowest BCUT2D eigenvalue weighted by atomic mass is 10.1. The van der Waals surface area contributed by atoms with Crippen LogP contribution in [0.15, 0.2) is 46.9 Å². The summed E-state index contributed by atoms with van der Waals surface area (Å²) in [5, 5.41) is 0. The zero-order valence-corrected chi connectivity index (χ0v) is 15.2. The molecule has 0 fully saturated rings. The molecule has 0 atom stereocenters. The van der Waals surface area contributed by atoms with E-state index in [1.807, 2.05) is 0 Å². The highest BCUT2D eigenvalue weighted by Crippen LogP contribution is 2.27. The number of aromatic nitrogens is 1. The number of hydrogen-bond acceptors (Lipinski definition) is 3. The van der Waals surface area contributed by atoms with E-state index in [4.69, 9.17) is 9.40 Å². The van der Waals surface area contributed by atoms with Crippen molar-refractivity contribution in [1.29, 1.82) is 0 Å². The second kappa shape index (κ2) is 6.49. The van der Waals surface area contributed by atoms with Crippen LogP contribution in [0, 0.1) is 20.8 Å². The van der Waals surface area contributed by atoms with Crippen molar-refractivity contribution >= 4 is 16.7 Å². The molecule has 128 valence electrons. The van der Waals surface area contributed by atoms with Gasteiger partial charge in [-0.3, -0.25) is 4.90 Å². The fourth-order valence-corrected chi connectivity index (χ4v) is 3.32. The Bertz CT molecular complexity index is 896. The highest BCUT2D eigenvalue weighted by Gasteiger charge is 2.17. The normalized spacial score (nSPS) is 15.6. The Labute approximate surface area is 149 Å². The molecule has 1 aromatic heterocycles. The van der Waals surface area contributed by atoms with Crippen LogP contribution in [0.4, 0.5) is 0 Å². The number of aryl methyl sites for hydroxylation is 3. The molecule has 2 heterocycles. The highest BCUT2D eigenvalue weighted by molar-refractivity contribution is 5.77. The van der Waals surface area contributed by atoms with Crippen LogP contribution in [0.5, 0.6) is 0 Å². The average Bonchev–Trinajstić information content (AvgIpc) is 3.01. The largest absolute Gasteiger partial charge is 0.436 e. The molecule has 0 saturated carbocycles. The van der Waals surface area contributed by atoms with Crippen LogP contribution in [-0.4, -0.2) is 23.0 Å². The summed E-state index contributed by atoms with van der Waals surface area (Å²) in [7, 11) is 0. The number of benzene rings is 2. The van der Waals surface area contributed by atoms with Crippen LogP contribution in [0.3, 0.4) is 0 Å². The predicted molar refractivity (Wildman–Crippen MR) is 103 cm³/mol. The van der Waals surface area contributed by atoms with Crippen molar-refractivity contribution in [2.45, 2.75) is 33.7 Å². The molecule has 0 saturated heterocycles. The molecule has 3 aromatic rings. The van der Waals surface area contributed by atoms with E-state index in [-0.39, 0.29) is 0 Å². The molecule has 0 bridgehead atoms. The Morgan fingerprint density at radius 2 is 1.80 bits per heavy atom. The molecule has 0 N–H and O–H groups in total. The zero-order chi connectivity index (χ0) is 17.4. The van der Waals surface area contributed by atoms with E-state index >= 15 is 0 Å². The minimum atomic E-state index is 0.787. The molecular weight excluding hydrogens is 308 g/mol. The second-order valence-corrected chi connectivity index (χ2v) is 7.12. The van der Waals surface area contributed by atoms with Crippen molar-refractivity contribution < 1.29 is 4.42 Å². The number of fused-ring (bicyclic) bond motifs is 1. The number of oxazole rings is 1. The molecule has 2 aromatic carbocycles. The maximum atomic E-state index is 6.01. The van der Waals surface area contributed by atoms with Gasteiger partial charge in [-0.2, -0.15) is 0 Å². The molecule has 1 aliphatic rings. The predicted octanol–water partition coefficient (Wildman–Crippen LogP) is 5.04. The van der Waals surface area contributed by atoms with Gasteiger partial charge in [0.2, 0.25) is 5.89 Å². The molecule has 0 spiro atoms. The third-order valence-corrected chi connectivity index (χ3v) is 5.10. The van der Waals surface area contributed by atoms with E-state index in [9.17, 15) is 0 Å². The fraction of sp³-hybridized carbons (Fsp3) is 0.318. The van der Waals surface area contributed by atoms with Crippen LogP contribution in [0.25, 0.3) is 16.7 Å². The monoisotopic (exact) mass is 332 g/mol. The molecule has 0 unspecified atom stereocenters. The molecule has 1 aliphatic heterocycles. The molecule has 3 heteroatoms. The first-order valence-corrected chi connectivity index (χ1v) is 8.93. The number of hydrogen-bond donors (Lipinski definition) is 0. The van der Waals surface area contributed by atoms with Crippen LogP contribution in [0.1, 0.15) is 34.6 Å². The van der Waals surface area contributed by atoms with E-state index in [1.54, 1.807) is 0 Å². The van der Waals surface area contributed by atoms with Crippen molar-refractivity contribution in [1.82, 2.24) is 9.88 Å². The summed E-state index contributed by atoms with van der Waals surface area (Å²) in [6, 6.07) is 13.0. The van der Waals surface area contributed by atoms with E-state index in [0.717, 1.165) is 43.0 Å². The molecule has 25 heavy (non-hydrogen) atoms. The van der Waals surface area contributed by atoms with Crippen molar-refractivity contribution in [3.63, 3.8) is 0 Å². The van der Waals surface area contributed by atoms with Crippen LogP contribution < -0.4 is 0 Å². The first-order valence-electron chi connectivity index (χ1n) is 8.93.